The minimum atomic E-state index is -2.54. The van der Waals surface area contributed by atoms with Gasteiger partial charge in [0.1, 0.15) is 0 Å². The van der Waals surface area contributed by atoms with Crippen LogP contribution in [-0.4, -0.2) is 11.0 Å². The molecule has 1 aliphatic rings. The van der Waals surface area contributed by atoms with Gasteiger partial charge in [-0.1, -0.05) is 36.4 Å². The Morgan fingerprint density at radius 2 is 1.65 bits per heavy atom. The van der Waals surface area contributed by atoms with Gasteiger partial charge in [-0.3, -0.25) is 0 Å². The summed E-state index contributed by atoms with van der Waals surface area (Å²) in [4.78, 5) is 0. The summed E-state index contributed by atoms with van der Waals surface area (Å²) in [5.74, 6) is -2.60. The predicted molar refractivity (Wildman–Crippen MR) is 75.8 cm³/mol. The summed E-state index contributed by atoms with van der Waals surface area (Å²) >= 11 is 0. The monoisotopic (exact) mass is 276 g/mol. The molecule has 1 aliphatic carbocycles. The van der Waals surface area contributed by atoms with Crippen LogP contribution in [0.1, 0.15) is 37.4 Å². The van der Waals surface area contributed by atoms with E-state index in [1.54, 1.807) is 0 Å². The lowest BCUT2D eigenvalue weighted by Crippen LogP contribution is -2.27. The van der Waals surface area contributed by atoms with Crippen molar-refractivity contribution in [2.75, 3.05) is 0 Å². The summed E-state index contributed by atoms with van der Waals surface area (Å²) in [7, 11) is 0. The van der Waals surface area contributed by atoms with Crippen LogP contribution in [0, 0.1) is 5.92 Å². The van der Waals surface area contributed by atoms with Crippen LogP contribution in [0.4, 0.5) is 8.78 Å². The Bertz CT molecular complexity index is 599. The molecule has 0 spiro atoms. The van der Waals surface area contributed by atoms with Gasteiger partial charge in [-0.25, -0.2) is 8.78 Å². The quantitative estimate of drug-likeness (QED) is 0.843. The van der Waals surface area contributed by atoms with Crippen LogP contribution in [0.2, 0.25) is 0 Å². The Morgan fingerprint density at radius 3 is 2.35 bits per heavy atom. The van der Waals surface area contributed by atoms with E-state index in [1.165, 1.54) is 0 Å². The van der Waals surface area contributed by atoms with E-state index < -0.39 is 12.0 Å². The number of benzene rings is 2. The van der Waals surface area contributed by atoms with E-state index in [1.807, 2.05) is 42.5 Å². The molecule has 1 N–H and O–H groups in total. The standard InChI is InChI=1S/C17H18F2O/c18-17(19)9-7-13(8-10-17)16(20)15-6-5-12-3-1-2-4-14(12)11-15/h1-6,11,13,16,20H,7-10H2. The molecule has 0 heterocycles. The largest absolute Gasteiger partial charge is 0.388 e. The fraction of sp³-hybridized carbons (Fsp3) is 0.412. The van der Waals surface area contributed by atoms with Crippen LogP contribution in [-0.2, 0) is 0 Å². The smallest absolute Gasteiger partial charge is 0.248 e. The third-order valence-electron chi connectivity index (χ3n) is 4.32. The van der Waals surface area contributed by atoms with Crippen molar-refractivity contribution >= 4 is 10.8 Å². The molecule has 106 valence electrons. The van der Waals surface area contributed by atoms with Crippen LogP contribution in [0.15, 0.2) is 42.5 Å². The maximum Gasteiger partial charge on any atom is 0.248 e. The van der Waals surface area contributed by atoms with E-state index in [0.29, 0.717) is 12.8 Å². The molecule has 1 atom stereocenters. The predicted octanol–water partition coefficient (Wildman–Crippen LogP) is 4.70. The Labute approximate surface area is 117 Å². The summed E-state index contributed by atoms with van der Waals surface area (Å²) in [6, 6.07) is 13.8. The van der Waals surface area contributed by atoms with E-state index in [9.17, 15) is 13.9 Å². The van der Waals surface area contributed by atoms with E-state index >= 15 is 0 Å². The zero-order chi connectivity index (χ0) is 14.2. The summed E-state index contributed by atoms with van der Waals surface area (Å²) in [5, 5.41) is 12.6. The van der Waals surface area contributed by atoms with Crippen molar-refractivity contribution < 1.29 is 13.9 Å². The summed E-state index contributed by atoms with van der Waals surface area (Å²) in [6.07, 6.45) is -0.0808. The lowest BCUT2D eigenvalue weighted by Gasteiger charge is -2.31. The molecule has 1 fully saturated rings. The number of aliphatic hydroxyl groups is 1. The molecule has 1 saturated carbocycles. The molecule has 2 aromatic carbocycles. The van der Waals surface area contributed by atoms with Gasteiger partial charge in [-0.15, -0.1) is 0 Å². The number of hydrogen-bond donors (Lipinski definition) is 1. The molecule has 1 unspecified atom stereocenters. The molecule has 1 nitrogen and oxygen atoms in total. The average Bonchev–Trinajstić information content (AvgIpc) is 2.46. The molecule has 3 rings (SSSR count). The third-order valence-corrected chi connectivity index (χ3v) is 4.32. The number of hydrogen-bond acceptors (Lipinski definition) is 1. The molecule has 0 saturated heterocycles. The van der Waals surface area contributed by atoms with Gasteiger partial charge in [0.05, 0.1) is 6.10 Å². The van der Waals surface area contributed by atoms with Crippen molar-refractivity contribution in [1.29, 1.82) is 0 Å². The van der Waals surface area contributed by atoms with Gasteiger partial charge in [0.25, 0.3) is 0 Å². The minimum Gasteiger partial charge on any atom is -0.388 e. The molecule has 0 radical (unpaired) electrons. The van der Waals surface area contributed by atoms with Gasteiger partial charge >= 0.3 is 0 Å². The van der Waals surface area contributed by atoms with E-state index in [-0.39, 0.29) is 18.8 Å². The number of fused-ring (bicyclic) bond motifs is 1. The molecule has 2 aromatic rings. The molecular formula is C17H18F2O. The van der Waals surface area contributed by atoms with E-state index in [2.05, 4.69) is 0 Å². The first-order valence-corrected chi connectivity index (χ1v) is 7.10. The van der Waals surface area contributed by atoms with E-state index in [0.717, 1.165) is 16.3 Å². The van der Waals surface area contributed by atoms with Crippen molar-refractivity contribution in [2.24, 2.45) is 5.92 Å². The van der Waals surface area contributed by atoms with Crippen molar-refractivity contribution in [1.82, 2.24) is 0 Å². The number of aliphatic hydroxyl groups excluding tert-OH is 1. The fourth-order valence-electron chi connectivity index (χ4n) is 3.04. The van der Waals surface area contributed by atoms with Crippen LogP contribution < -0.4 is 0 Å². The van der Waals surface area contributed by atoms with Gasteiger partial charge in [-0.05, 0) is 41.2 Å². The first-order chi connectivity index (χ1) is 9.55. The highest BCUT2D eigenvalue weighted by atomic mass is 19.3. The zero-order valence-corrected chi connectivity index (χ0v) is 11.2. The van der Waals surface area contributed by atoms with Crippen LogP contribution in [0.3, 0.4) is 0 Å². The Hall–Kier alpha value is -1.48. The molecule has 20 heavy (non-hydrogen) atoms. The number of rotatable bonds is 2. The highest BCUT2D eigenvalue weighted by Crippen LogP contribution is 2.41. The number of halogens is 2. The number of alkyl halides is 2. The first-order valence-electron chi connectivity index (χ1n) is 7.10. The van der Waals surface area contributed by atoms with Crippen molar-refractivity contribution in [2.45, 2.75) is 37.7 Å². The Morgan fingerprint density at radius 1 is 1.00 bits per heavy atom. The molecule has 0 aromatic heterocycles. The Kier molecular flexibility index (Phi) is 3.47. The summed E-state index contributed by atoms with van der Waals surface area (Å²) in [5.41, 5.74) is 0.832. The molecule has 0 bridgehead atoms. The first kappa shape index (κ1) is 13.5. The van der Waals surface area contributed by atoms with Gasteiger partial charge in [-0.2, -0.15) is 0 Å². The lowest BCUT2D eigenvalue weighted by molar-refractivity contribution is -0.0627. The minimum absolute atomic E-state index is 0.0595. The maximum atomic E-state index is 13.2. The van der Waals surface area contributed by atoms with Crippen LogP contribution in [0.25, 0.3) is 10.8 Å². The maximum absolute atomic E-state index is 13.2. The second-order valence-corrected chi connectivity index (χ2v) is 5.74. The average molecular weight is 276 g/mol. The molecule has 0 aliphatic heterocycles. The fourth-order valence-corrected chi connectivity index (χ4v) is 3.04. The SMILES string of the molecule is OC(c1ccc2ccccc2c1)C1CCC(F)(F)CC1. The Balaban J connectivity index is 1.80. The van der Waals surface area contributed by atoms with Gasteiger partial charge < -0.3 is 5.11 Å². The normalized spacial score (nSPS) is 20.9. The van der Waals surface area contributed by atoms with Gasteiger partial charge in [0.2, 0.25) is 5.92 Å². The highest BCUT2D eigenvalue weighted by Gasteiger charge is 2.37. The lowest BCUT2D eigenvalue weighted by atomic mass is 9.81. The second-order valence-electron chi connectivity index (χ2n) is 5.74. The summed E-state index contributed by atoms with van der Waals surface area (Å²) in [6.45, 7) is 0. The highest BCUT2D eigenvalue weighted by molar-refractivity contribution is 5.83. The molecule has 0 amide bonds. The third kappa shape index (κ3) is 2.68. The van der Waals surface area contributed by atoms with Crippen molar-refractivity contribution in [3.8, 4) is 0 Å². The zero-order valence-electron chi connectivity index (χ0n) is 11.2. The van der Waals surface area contributed by atoms with Crippen molar-refractivity contribution in [3.05, 3.63) is 48.0 Å². The van der Waals surface area contributed by atoms with Gasteiger partial charge in [0, 0.05) is 12.8 Å². The van der Waals surface area contributed by atoms with E-state index in [4.69, 9.17) is 0 Å². The topological polar surface area (TPSA) is 20.2 Å². The molecular weight excluding hydrogens is 258 g/mol. The van der Waals surface area contributed by atoms with Crippen LogP contribution >= 0.6 is 0 Å². The molecule has 3 heteroatoms. The second kappa shape index (κ2) is 5.13. The van der Waals surface area contributed by atoms with Crippen molar-refractivity contribution in [3.63, 3.8) is 0 Å². The van der Waals surface area contributed by atoms with Gasteiger partial charge in [0.15, 0.2) is 0 Å². The summed E-state index contributed by atoms with van der Waals surface area (Å²) < 4.78 is 26.3. The van der Waals surface area contributed by atoms with Crippen LogP contribution in [0.5, 0.6) is 0 Å².